The molecule has 6 heteroatoms. The lowest BCUT2D eigenvalue weighted by atomic mass is 10.1. The normalized spacial score (nSPS) is 10.3. The van der Waals surface area contributed by atoms with Crippen molar-refractivity contribution in [2.24, 2.45) is 0 Å². The SMILES string of the molecule is CCOc1ccc(C#N)cc1NC(=O)c1scnc1C(C)C. The second-order valence-corrected chi connectivity index (χ2v) is 5.79. The number of amides is 1. The molecule has 1 aromatic heterocycles. The van der Waals surface area contributed by atoms with E-state index in [0.29, 0.717) is 28.5 Å². The minimum absolute atomic E-state index is 0.170. The van der Waals surface area contributed by atoms with Crippen LogP contribution in [0.2, 0.25) is 0 Å². The van der Waals surface area contributed by atoms with Crippen molar-refractivity contribution in [1.29, 1.82) is 5.26 Å². The summed E-state index contributed by atoms with van der Waals surface area (Å²) in [5, 5.41) is 11.8. The lowest BCUT2D eigenvalue weighted by Gasteiger charge is -2.12. The zero-order valence-electron chi connectivity index (χ0n) is 12.7. The molecule has 0 aliphatic heterocycles. The number of hydrogen-bond acceptors (Lipinski definition) is 5. The zero-order chi connectivity index (χ0) is 16.1. The molecule has 1 aromatic carbocycles. The van der Waals surface area contributed by atoms with Crippen LogP contribution in [0.25, 0.3) is 0 Å². The Bertz CT molecular complexity index is 716. The number of anilines is 1. The van der Waals surface area contributed by atoms with Gasteiger partial charge >= 0.3 is 0 Å². The molecule has 22 heavy (non-hydrogen) atoms. The van der Waals surface area contributed by atoms with Gasteiger partial charge in [-0.05, 0) is 31.0 Å². The van der Waals surface area contributed by atoms with E-state index >= 15 is 0 Å². The molecule has 5 nitrogen and oxygen atoms in total. The lowest BCUT2D eigenvalue weighted by molar-refractivity contribution is 0.102. The van der Waals surface area contributed by atoms with Gasteiger partial charge in [0.1, 0.15) is 10.6 Å². The molecule has 0 saturated carbocycles. The predicted octanol–water partition coefficient (Wildman–Crippen LogP) is 3.79. The van der Waals surface area contributed by atoms with Crippen molar-refractivity contribution in [3.05, 3.63) is 39.8 Å². The number of thiazole rings is 1. The summed E-state index contributed by atoms with van der Waals surface area (Å²) in [7, 11) is 0. The maximum atomic E-state index is 12.5. The van der Waals surface area contributed by atoms with Crippen molar-refractivity contribution in [3.63, 3.8) is 0 Å². The number of nitrogens with one attached hydrogen (secondary N) is 1. The molecule has 0 unspecified atom stereocenters. The summed E-state index contributed by atoms with van der Waals surface area (Å²) in [4.78, 5) is 17.3. The van der Waals surface area contributed by atoms with Crippen LogP contribution in [0.5, 0.6) is 5.75 Å². The fourth-order valence-corrected chi connectivity index (χ4v) is 2.83. The fraction of sp³-hybridized carbons (Fsp3) is 0.312. The van der Waals surface area contributed by atoms with Gasteiger partial charge in [0.15, 0.2) is 0 Å². The monoisotopic (exact) mass is 315 g/mol. The summed E-state index contributed by atoms with van der Waals surface area (Å²) >= 11 is 1.31. The minimum atomic E-state index is -0.234. The Morgan fingerprint density at radius 1 is 1.50 bits per heavy atom. The van der Waals surface area contributed by atoms with Gasteiger partial charge < -0.3 is 10.1 Å². The molecule has 2 rings (SSSR count). The third kappa shape index (κ3) is 3.43. The van der Waals surface area contributed by atoms with Crippen LogP contribution in [0.3, 0.4) is 0 Å². The first-order valence-electron chi connectivity index (χ1n) is 6.98. The van der Waals surface area contributed by atoms with Crippen LogP contribution >= 0.6 is 11.3 Å². The Hall–Kier alpha value is -2.39. The van der Waals surface area contributed by atoms with Gasteiger partial charge in [0, 0.05) is 0 Å². The fourth-order valence-electron chi connectivity index (χ4n) is 1.99. The largest absolute Gasteiger partial charge is 0.492 e. The highest BCUT2D eigenvalue weighted by molar-refractivity contribution is 7.12. The molecule has 0 atom stereocenters. The van der Waals surface area contributed by atoms with E-state index in [1.807, 2.05) is 20.8 Å². The van der Waals surface area contributed by atoms with E-state index in [-0.39, 0.29) is 11.8 Å². The molecule has 114 valence electrons. The first-order chi connectivity index (χ1) is 10.6. The Balaban J connectivity index is 2.31. The molecule has 0 radical (unpaired) electrons. The molecule has 1 N–H and O–H groups in total. The topological polar surface area (TPSA) is 75.0 Å². The van der Waals surface area contributed by atoms with Crippen molar-refractivity contribution in [2.45, 2.75) is 26.7 Å². The quantitative estimate of drug-likeness (QED) is 0.911. The van der Waals surface area contributed by atoms with Gasteiger partial charge in [0.2, 0.25) is 0 Å². The van der Waals surface area contributed by atoms with Crippen molar-refractivity contribution >= 4 is 22.9 Å². The average molecular weight is 315 g/mol. The summed E-state index contributed by atoms with van der Waals surface area (Å²) in [5.41, 5.74) is 3.40. The second-order valence-electron chi connectivity index (χ2n) is 4.93. The summed E-state index contributed by atoms with van der Waals surface area (Å²) in [6.07, 6.45) is 0. The number of nitrogens with zero attached hydrogens (tertiary/aromatic N) is 2. The highest BCUT2D eigenvalue weighted by Gasteiger charge is 2.18. The third-order valence-corrected chi connectivity index (χ3v) is 3.85. The highest BCUT2D eigenvalue weighted by atomic mass is 32.1. The maximum Gasteiger partial charge on any atom is 0.267 e. The van der Waals surface area contributed by atoms with Crippen LogP contribution in [-0.2, 0) is 0 Å². The summed E-state index contributed by atoms with van der Waals surface area (Å²) in [5.74, 6) is 0.483. The van der Waals surface area contributed by atoms with Gasteiger partial charge in [-0.3, -0.25) is 4.79 Å². The highest BCUT2D eigenvalue weighted by Crippen LogP contribution is 2.28. The van der Waals surface area contributed by atoms with E-state index in [2.05, 4.69) is 16.4 Å². The number of ether oxygens (including phenoxy) is 1. The third-order valence-electron chi connectivity index (χ3n) is 3.00. The number of nitriles is 1. The van der Waals surface area contributed by atoms with Gasteiger partial charge in [-0.1, -0.05) is 13.8 Å². The van der Waals surface area contributed by atoms with Crippen molar-refractivity contribution < 1.29 is 9.53 Å². The number of benzene rings is 1. The molecule has 1 heterocycles. The number of rotatable bonds is 5. The molecule has 0 spiro atoms. The van der Waals surface area contributed by atoms with E-state index in [4.69, 9.17) is 10.00 Å². The van der Waals surface area contributed by atoms with E-state index in [1.54, 1.807) is 23.7 Å². The van der Waals surface area contributed by atoms with E-state index in [9.17, 15) is 4.79 Å². The Morgan fingerprint density at radius 3 is 2.91 bits per heavy atom. The van der Waals surface area contributed by atoms with Crippen LogP contribution in [-0.4, -0.2) is 17.5 Å². The van der Waals surface area contributed by atoms with E-state index < -0.39 is 0 Å². The molecular formula is C16H17N3O2S. The molecule has 0 saturated heterocycles. The summed E-state index contributed by atoms with van der Waals surface area (Å²) < 4.78 is 5.50. The van der Waals surface area contributed by atoms with E-state index in [1.165, 1.54) is 11.3 Å². The van der Waals surface area contributed by atoms with Gasteiger partial charge in [0.25, 0.3) is 5.91 Å². The maximum absolute atomic E-state index is 12.5. The van der Waals surface area contributed by atoms with Crippen LogP contribution < -0.4 is 10.1 Å². The Kier molecular flexibility index (Phi) is 5.12. The lowest BCUT2D eigenvalue weighted by Crippen LogP contribution is -2.14. The summed E-state index contributed by atoms with van der Waals surface area (Å²) in [6.45, 7) is 6.33. The molecule has 0 bridgehead atoms. The molecule has 1 amide bonds. The number of carbonyl (C=O) groups is 1. The zero-order valence-corrected chi connectivity index (χ0v) is 13.5. The minimum Gasteiger partial charge on any atom is -0.492 e. The molecule has 0 aliphatic rings. The van der Waals surface area contributed by atoms with Crippen molar-refractivity contribution in [3.8, 4) is 11.8 Å². The van der Waals surface area contributed by atoms with Crippen LogP contribution in [0.4, 0.5) is 5.69 Å². The van der Waals surface area contributed by atoms with Crippen LogP contribution in [0.15, 0.2) is 23.7 Å². The molecule has 0 aliphatic carbocycles. The molecule has 0 fully saturated rings. The van der Waals surface area contributed by atoms with Crippen molar-refractivity contribution in [1.82, 2.24) is 4.98 Å². The smallest absolute Gasteiger partial charge is 0.267 e. The first kappa shape index (κ1) is 16.0. The number of hydrogen-bond donors (Lipinski definition) is 1. The number of aromatic nitrogens is 1. The van der Waals surface area contributed by atoms with Gasteiger partial charge in [0.05, 0.1) is 35.1 Å². The Labute approximate surface area is 133 Å². The van der Waals surface area contributed by atoms with Crippen LogP contribution in [0.1, 0.15) is 47.6 Å². The van der Waals surface area contributed by atoms with E-state index in [0.717, 1.165) is 5.69 Å². The standard InChI is InChI=1S/C16H17N3O2S/c1-4-21-13-6-5-11(8-17)7-12(13)19-16(20)15-14(10(2)3)18-9-22-15/h5-7,9-10H,4H2,1-3H3,(H,19,20). The Morgan fingerprint density at radius 2 is 2.27 bits per heavy atom. The van der Waals surface area contributed by atoms with Crippen LogP contribution in [0, 0.1) is 11.3 Å². The summed E-state index contributed by atoms with van der Waals surface area (Å²) in [6, 6.07) is 7.02. The molecule has 2 aromatic rings. The average Bonchev–Trinajstić information content (AvgIpc) is 2.99. The predicted molar refractivity (Wildman–Crippen MR) is 86.5 cm³/mol. The second kappa shape index (κ2) is 7.05. The first-order valence-corrected chi connectivity index (χ1v) is 7.86. The van der Waals surface area contributed by atoms with Gasteiger partial charge in [-0.25, -0.2) is 4.98 Å². The number of carbonyl (C=O) groups excluding carboxylic acids is 1. The van der Waals surface area contributed by atoms with Gasteiger partial charge in [-0.2, -0.15) is 5.26 Å². The van der Waals surface area contributed by atoms with Gasteiger partial charge in [-0.15, -0.1) is 11.3 Å². The molecular weight excluding hydrogens is 298 g/mol. The van der Waals surface area contributed by atoms with Crippen molar-refractivity contribution in [2.75, 3.05) is 11.9 Å².